The van der Waals surface area contributed by atoms with E-state index in [9.17, 15) is 4.21 Å². The van der Waals surface area contributed by atoms with E-state index in [0.717, 1.165) is 43.8 Å². The molecule has 4 atom stereocenters. The van der Waals surface area contributed by atoms with Crippen LogP contribution in [0.4, 0.5) is 0 Å². The van der Waals surface area contributed by atoms with Crippen molar-refractivity contribution in [2.24, 2.45) is 0 Å². The van der Waals surface area contributed by atoms with Gasteiger partial charge >= 0.3 is 0 Å². The molecule has 1 N–H and O–H groups in total. The fraction of sp³-hybridized carbons (Fsp3) is 0.571. The number of nitrogens with zero attached hydrogens (tertiary/aromatic N) is 2. The lowest BCUT2D eigenvalue weighted by Gasteiger charge is -2.47. The normalized spacial score (nSPS) is 23.8. The minimum absolute atomic E-state index is 0.387. The summed E-state index contributed by atoms with van der Waals surface area (Å²) >= 11 is 12.5. The van der Waals surface area contributed by atoms with E-state index in [1.54, 1.807) is 6.26 Å². The Hall–Kier alpha value is -0.950. The van der Waals surface area contributed by atoms with Crippen LogP contribution < -0.4 is 5.32 Å². The van der Waals surface area contributed by atoms with E-state index in [0.29, 0.717) is 28.0 Å². The highest BCUT2D eigenvalue weighted by Crippen LogP contribution is 2.37. The maximum atomic E-state index is 12.4. The largest absolute Gasteiger partial charge is 0.319 e. The lowest BCUT2D eigenvalue weighted by Crippen LogP contribution is -2.54. The topological polar surface area (TPSA) is 35.6 Å². The van der Waals surface area contributed by atoms with Crippen molar-refractivity contribution in [1.82, 2.24) is 15.1 Å². The molecular formula is C28H39Cl2N3OS. The number of halogens is 2. The minimum atomic E-state index is -0.958. The quantitative estimate of drug-likeness (QED) is 0.419. The number of likely N-dealkylation sites (N-methyl/N-ethyl adjacent to an activating group) is 1. The molecular weight excluding hydrogens is 497 g/mol. The van der Waals surface area contributed by atoms with Crippen molar-refractivity contribution in [3.8, 4) is 0 Å². The van der Waals surface area contributed by atoms with Gasteiger partial charge in [0, 0.05) is 30.8 Å². The van der Waals surface area contributed by atoms with Crippen molar-refractivity contribution < 1.29 is 4.21 Å². The van der Waals surface area contributed by atoms with Crippen molar-refractivity contribution in [3.05, 3.63) is 63.6 Å². The summed E-state index contributed by atoms with van der Waals surface area (Å²) in [4.78, 5) is 6.44. The van der Waals surface area contributed by atoms with Crippen LogP contribution in [-0.4, -0.2) is 66.2 Å². The highest BCUT2D eigenvalue weighted by atomic mass is 35.5. The molecule has 4 nitrogen and oxygen atoms in total. The Bertz CT molecular complexity index is 998. The first-order valence-electron chi connectivity index (χ1n) is 13.0. The Morgan fingerprint density at radius 2 is 1.83 bits per heavy atom. The summed E-state index contributed by atoms with van der Waals surface area (Å²) in [6.07, 6.45) is 9.46. The van der Waals surface area contributed by atoms with Gasteiger partial charge in [-0.1, -0.05) is 53.9 Å². The number of hydrogen-bond acceptors (Lipinski definition) is 4. The number of hydrogen-bond donors (Lipinski definition) is 1. The molecule has 2 saturated heterocycles. The predicted molar refractivity (Wildman–Crippen MR) is 149 cm³/mol. The smallest absolute Gasteiger partial charge is 0.0628 e. The summed E-state index contributed by atoms with van der Waals surface area (Å²) < 4.78 is 12.4. The molecule has 4 rings (SSSR count). The average molecular weight is 537 g/mol. The molecule has 0 radical (unpaired) electrons. The van der Waals surface area contributed by atoms with Gasteiger partial charge in [-0.25, -0.2) is 0 Å². The van der Waals surface area contributed by atoms with Gasteiger partial charge in [0.25, 0.3) is 0 Å². The van der Waals surface area contributed by atoms with Crippen molar-refractivity contribution in [3.63, 3.8) is 0 Å². The summed E-state index contributed by atoms with van der Waals surface area (Å²) in [5.74, 6) is 0.846. The van der Waals surface area contributed by atoms with Crippen LogP contribution in [0.25, 0.3) is 0 Å². The highest BCUT2D eigenvalue weighted by molar-refractivity contribution is 7.84. The standard InChI is InChI=1S/C28H39Cl2N3OS/c1-31-20-23(21-10-11-25(29)26(30)18-21)13-17-33-16-12-22(19-28(33)32-14-6-3-7-15-32)24-8-4-5-9-27(24)35(2)34/h4-5,8-11,18,22-23,28,31H,3,6-7,12-17,19-20H2,1-2H3/t22?,23?,28?,35-/m0/s1. The number of rotatable bonds is 9. The molecule has 0 saturated carbocycles. The van der Waals surface area contributed by atoms with Crippen LogP contribution >= 0.6 is 23.2 Å². The summed E-state index contributed by atoms with van der Waals surface area (Å²) in [5.41, 5.74) is 2.54. The third-order valence-corrected chi connectivity index (χ3v) is 9.52. The van der Waals surface area contributed by atoms with E-state index >= 15 is 0 Å². The molecule has 0 spiro atoms. The molecule has 35 heavy (non-hydrogen) atoms. The molecule has 192 valence electrons. The monoisotopic (exact) mass is 535 g/mol. The van der Waals surface area contributed by atoms with Crippen molar-refractivity contribution >= 4 is 34.0 Å². The first-order chi connectivity index (χ1) is 17.0. The van der Waals surface area contributed by atoms with Crippen LogP contribution in [0.2, 0.25) is 10.0 Å². The molecule has 2 aliphatic rings. The van der Waals surface area contributed by atoms with Crippen molar-refractivity contribution in [2.75, 3.05) is 46.0 Å². The fourth-order valence-corrected chi connectivity index (χ4v) is 7.08. The highest BCUT2D eigenvalue weighted by Gasteiger charge is 2.35. The molecule has 3 unspecified atom stereocenters. The SMILES string of the molecule is CNCC(CCN1CCC(c2ccccc2[S@](C)=O)CC1N1CCCCC1)c1ccc(Cl)c(Cl)c1. The molecule has 0 amide bonds. The van der Waals surface area contributed by atoms with Gasteiger partial charge in [-0.05, 0) is 93.4 Å². The third-order valence-electron chi connectivity index (χ3n) is 7.79. The van der Waals surface area contributed by atoms with Gasteiger partial charge in [-0.2, -0.15) is 0 Å². The first-order valence-corrected chi connectivity index (χ1v) is 15.3. The molecule has 7 heteroatoms. The Morgan fingerprint density at radius 3 is 2.54 bits per heavy atom. The Morgan fingerprint density at radius 1 is 1.06 bits per heavy atom. The summed E-state index contributed by atoms with van der Waals surface area (Å²) in [5, 5.41) is 4.61. The van der Waals surface area contributed by atoms with Gasteiger partial charge in [-0.3, -0.25) is 14.0 Å². The van der Waals surface area contributed by atoms with E-state index < -0.39 is 10.8 Å². The summed E-state index contributed by atoms with van der Waals surface area (Å²) in [6, 6.07) is 14.4. The number of nitrogens with one attached hydrogen (secondary N) is 1. The van der Waals surface area contributed by atoms with Crippen LogP contribution in [0.1, 0.15) is 61.5 Å². The number of piperidine rings is 2. The van der Waals surface area contributed by atoms with Crippen LogP contribution in [0.15, 0.2) is 47.4 Å². The van der Waals surface area contributed by atoms with Crippen LogP contribution in [0, 0.1) is 0 Å². The van der Waals surface area contributed by atoms with E-state index in [-0.39, 0.29) is 0 Å². The summed E-state index contributed by atoms with van der Waals surface area (Å²) in [6.45, 7) is 5.41. The van der Waals surface area contributed by atoms with Gasteiger partial charge in [0.15, 0.2) is 0 Å². The minimum Gasteiger partial charge on any atom is -0.319 e. The van der Waals surface area contributed by atoms with Gasteiger partial charge < -0.3 is 5.32 Å². The number of benzene rings is 2. The van der Waals surface area contributed by atoms with E-state index in [2.05, 4.69) is 33.3 Å². The summed E-state index contributed by atoms with van der Waals surface area (Å²) in [7, 11) is 1.06. The zero-order valence-electron chi connectivity index (χ0n) is 21.0. The predicted octanol–water partition coefficient (Wildman–Crippen LogP) is 6.12. The van der Waals surface area contributed by atoms with Gasteiger partial charge in [0.2, 0.25) is 0 Å². The molecule has 2 fully saturated rings. The fourth-order valence-electron chi connectivity index (χ4n) is 5.93. The van der Waals surface area contributed by atoms with Crippen LogP contribution in [-0.2, 0) is 10.8 Å². The zero-order chi connectivity index (χ0) is 24.8. The first kappa shape index (κ1) is 27.1. The molecule has 2 aromatic carbocycles. The second-order valence-corrected chi connectivity index (χ2v) is 12.2. The van der Waals surface area contributed by atoms with E-state index in [1.165, 1.54) is 43.5 Å². The van der Waals surface area contributed by atoms with Crippen LogP contribution in [0.3, 0.4) is 0 Å². The second-order valence-electron chi connectivity index (χ2n) is 10.0. The van der Waals surface area contributed by atoms with E-state index in [1.807, 2.05) is 31.3 Å². The van der Waals surface area contributed by atoms with Crippen LogP contribution in [0.5, 0.6) is 0 Å². The van der Waals surface area contributed by atoms with E-state index in [4.69, 9.17) is 23.2 Å². The third kappa shape index (κ3) is 6.88. The average Bonchev–Trinajstić information content (AvgIpc) is 2.88. The molecule has 0 aliphatic carbocycles. The molecule has 2 heterocycles. The van der Waals surface area contributed by atoms with Crippen molar-refractivity contribution in [2.45, 2.75) is 61.4 Å². The maximum absolute atomic E-state index is 12.4. The molecule has 2 aromatic rings. The number of likely N-dealkylation sites (tertiary alicyclic amines) is 2. The second kappa shape index (κ2) is 13.0. The Balaban J connectivity index is 1.51. The lowest BCUT2D eigenvalue weighted by atomic mass is 9.86. The van der Waals surface area contributed by atoms with Crippen molar-refractivity contribution in [1.29, 1.82) is 0 Å². The van der Waals surface area contributed by atoms with Gasteiger partial charge in [0.05, 0.1) is 27.0 Å². The van der Waals surface area contributed by atoms with Gasteiger partial charge in [-0.15, -0.1) is 0 Å². The van der Waals surface area contributed by atoms with Gasteiger partial charge in [0.1, 0.15) is 0 Å². The Labute approximate surface area is 223 Å². The Kier molecular flexibility index (Phi) is 10.1. The molecule has 0 bridgehead atoms. The molecule has 2 aliphatic heterocycles. The molecule has 0 aromatic heterocycles. The zero-order valence-corrected chi connectivity index (χ0v) is 23.3. The lowest BCUT2D eigenvalue weighted by molar-refractivity contribution is -0.00578. The maximum Gasteiger partial charge on any atom is 0.0628 e.